The Labute approximate surface area is 444 Å². The lowest BCUT2D eigenvalue weighted by molar-refractivity contribution is 1.10. The van der Waals surface area contributed by atoms with Crippen LogP contribution in [-0.4, -0.2) is 96.9 Å². The van der Waals surface area contributed by atoms with Crippen molar-refractivity contribution in [2.24, 2.45) is 0 Å². The van der Waals surface area contributed by atoms with Gasteiger partial charge in [-0.1, -0.05) is 276 Å². The highest BCUT2D eigenvalue weighted by atomic mass is 32.0. The molecule has 0 aliphatic heterocycles. The second kappa shape index (κ2) is 21.4. The van der Waals surface area contributed by atoms with Crippen LogP contribution in [0.3, 0.4) is 0 Å². The predicted molar refractivity (Wildman–Crippen MR) is 365 cm³/mol. The Morgan fingerprint density at radius 2 is 0.324 bits per heavy atom. The van der Waals surface area contributed by atoms with Crippen molar-refractivity contribution in [3.05, 3.63) is 57.6 Å². The van der Waals surface area contributed by atoms with Gasteiger partial charge in [0.1, 0.15) is 0 Å². The largest absolute Gasteiger partial charge is 0.0693 e. The number of hydrogen-bond acceptors (Lipinski definition) is 0. The van der Waals surface area contributed by atoms with Gasteiger partial charge in [-0.05, 0) is 75.0 Å². The summed E-state index contributed by atoms with van der Waals surface area (Å²) < 4.78 is 0. The van der Waals surface area contributed by atoms with E-state index in [1.54, 1.807) is 11.1 Å². The molecule has 394 valence electrons. The molecule has 2 aromatic carbocycles. The van der Waals surface area contributed by atoms with E-state index in [1.165, 1.54) is 0 Å². The molecule has 0 fully saturated rings. The summed E-state index contributed by atoms with van der Waals surface area (Å²) in [6, 6.07) is 12.0. The fourth-order valence-electron chi connectivity index (χ4n) is 16.6. The Morgan fingerprint density at radius 3 is 0.426 bits per heavy atom. The van der Waals surface area contributed by atoms with Crippen molar-refractivity contribution in [1.29, 1.82) is 0 Å². The fourth-order valence-corrected chi connectivity index (χ4v) is 98.2. The van der Waals surface area contributed by atoms with E-state index in [-0.39, 0.29) is 0 Å². The molecule has 0 bridgehead atoms. The molecule has 0 aliphatic carbocycles. The molecule has 0 aliphatic rings. The first-order valence-corrected chi connectivity index (χ1v) is 73.2. The molecular weight excluding hydrogens is 1050 g/mol. The van der Waals surface area contributed by atoms with Crippen LogP contribution >= 0.6 is 16.5 Å². The molecule has 2 atom stereocenters. The summed E-state index contributed by atoms with van der Waals surface area (Å²) in [5.74, 6) is 0. The topological polar surface area (TPSA) is 0 Å². The van der Waals surface area contributed by atoms with Crippen LogP contribution in [0.15, 0.2) is 24.3 Å². The summed E-state index contributed by atoms with van der Waals surface area (Å²) in [7, 11) is -18.0. The predicted octanol–water partition coefficient (Wildman–Crippen LogP) is 19.9. The Balaban J connectivity index is 3.76. The van der Waals surface area contributed by atoms with E-state index >= 15 is 0 Å². The smallest absolute Gasteiger partial charge is 0.0493 e. The van der Waals surface area contributed by atoms with E-state index in [0.717, 1.165) is 47.5 Å². The molecule has 0 amide bonds. The molecule has 0 heterocycles. The first-order valence-electron chi connectivity index (χ1n) is 27.3. The molecule has 14 heteroatoms. The molecule has 0 N–H and O–H groups in total. The third kappa shape index (κ3) is 16.7. The van der Waals surface area contributed by atoms with Crippen LogP contribution in [0, 0.1) is 0 Å². The third-order valence-corrected chi connectivity index (χ3v) is 74.5. The second-order valence-corrected chi connectivity index (χ2v) is 106. The summed E-state index contributed by atoms with van der Waals surface area (Å²) in [6.07, 6.45) is 0. The normalized spacial score (nSPS) is 15.7. The Hall–Kier alpha value is 1.90. The Bertz CT molecular complexity index is 1690. The van der Waals surface area contributed by atoms with Crippen molar-refractivity contribution in [3.63, 3.8) is 0 Å². The molecular formula is C54H120P2Si12. The molecule has 0 saturated carbocycles. The minimum atomic E-state index is -1.67. The lowest BCUT2D eigenvalue weighted by Crippen LogP contribution is -2.52. The van der Waals surface area contributed by atoms with Gasteiger partial charge in [-0.3, -0.25) is 0 Å². The standard InChI is InChI=1S/C54H120P2Si12/c1-57(2,3)49(58(4,5)6)41-37-43(51(61(13,14)15)62(16,17)18)47(44(38-41)52(63(19,20)21)64(22,23)24)55-56-48-45(53(65(25,26)27)66(28,29)30)39-42(50(59(7,8)9)60(10,11)12)40-46(48)54(67(31,32)33)68(34,35)36/h37-40,49-56H,1-36H3. The highest BCUT2D eigenvalue weighted by molar-refractivity contribution is 8.18. The van der Waals surface area contributed by atoms with E-state index < -0.39 is 96.9 Å². The fraction of sp³-hybridized carbons (Fsp3) is 0.778. The van der Waals surface area contributed by atoms with Crippen molar-refractivity contribution in [2.75, 3.05) is 0 Å². The van der Waals surface area contributed by atoms with E-state index in [4.69, 9.17) is 0 Å². The van der Waals surface area contributed by atoms with Crippen LogP contribution < -0.4 is 10.6 Å². The zero-order valence-corrected chi connectivity index (χ0v) is 66.8. The highest BCUT2D eigenvalue weighted by Crippen LogP contribution is 2.53. The minimum Gasteiger partial charge on any atom is -0.0693 e. The molecule has 0 saturated heterocycles. The van der Waals surface area contributed by atoms with Gasteiger partial charge in [-0.25, -0.2) is 0 Å². The van der Waals surface area contributed by atoms with Crippen LogP contribution in [-0.2, 0) is 0 Å². The van der Waals surface area contributed by atoms with Crippen LogP contribution in [0.25, 0.3) is 0 Å². The van der Waals surface area contributed by atoms with Gasteiger partial charge in [0.2, 0.25) is 0 Å². The van der Waals surface area contributed by atoms with Crippen LogP contribution in [0.5, 0.6) is 0 Å². The summed E-state index contributed by atoms with van der Waals surface area (Å²) in [4.78, 5) is 0. The second-order valence-electron chi connectivity index (χ2n) is 35.4. The van der Waals surface area contributed by atoms with Crippen molar-refractivity contribution >= 4 is 124 Å². The Kier molecular flexibility index (Phi) is 20.8. The van der Waals surface area contributed by atoms with E-state index in [0.29, 0.717) is 0 Å². The first-order chi connectivity index (χ1) is 29.4. The van der Waals surface area contributed by atoms with Gasteiger partial charge in [-0.2, -0.15) is 0 Å². The van der Waals surface area contributed by atoms with Gasteiger partial charge in [0.15, 0.2) is 0 Å². The molecule has 2 rings (SSSR count). The summed E-state index contributed by atoms with van der Waals surface area (Å²) in [5, 5.41) is 8.24. The van der Waals surface area contributed by atoms with Crippen molar-refractivity contribution in [1.82, 2.24) is 0 Å². The van der Waals surface area contributed by atoms with Crippen molar-refractivity contribution in [3.8, 4) is 0 Å². The van der Waals surface area contributed by atoms with Gasteiger partial charge in [0.05, 0.1) is 0 Å². The maximum Gasteiger partial charge on any atom is 0.0493 e. The lowest BCUT2D eigenvalue weighted by atomic mass is 10.1. The Morgan fingerprint density at radius 1 is 0.206 bits per heavy atom. The minimum absolute atomic E-state index is 0.734. The van der Waals surface area contributed by atoms with Crippen molar-refractivity contribution in [2.45, 2.75) is 267 Å². The number of hydrogen-bond donors (Lipinski definition) is 0. The molecule has 2 aromatic rings. The van der Waals surface area contributed by atoms with Gasteiger partial charge in [0.25, 0.3) is 0 Å². The maximum atomic E-state index is 3.00. The monoisotopic (exact) mass is 1170 g/mol. The zero-order valence-electron chi connectivity index (χ0n) is 52.8. The van der Waals surface area contributed by atoms with Gasteiger partial charge >= 0.3 is 0 Å². The number of benzene rings is 2. The van der Waals surface area contributed by atoms with E-state index in [9.17, 15) is 0 Å². The number of rotatable bonds is 21. The molecule has 0 spiro atoms. The van der Waals surface area contributed by atoms with Gasteiger partial charge in [0, 0.05) is 96.9 Å². The van der Waals surface area contributed by atoms with Gasteiger partial charge < -0.3 is 0 Å². The SMILES string of the molecule is C[Si](C)(C)C(c1cc(C([Si](C)(C)C)[Si](C)(C)C)c(PPc2c(C([Si](C)(C)C)[Si](C)(C)C)cc(C([Si](C)(C)C)[Si](C)(C)C)cc2C([Si](C)(C)C)[Si](C)(C)C)c(C([Si](C)(C)C)[Si](C)(C)C)c1)[Si](C)(C)C. The molecule has 2 unspecified atom stereocenters. The first kappa shape index (κ1) is 66.0. The van der Waals surface area contributed by atoms with Crippen LogP contribution in [0.4, 0.5) is 0 Å². The van der Waals surface area contributed by atoms with Crippen LogP contribution in [0.2, 0.25) is 236 Å². The average molecular weight is 1170 g/mol. The summed E-state index contributed by atoms with van der Waals surface area (Å²) in [5.41, 5.74) is 11.1. The molecule has 0 aromatic heterocycles. The molecule has 0 radical (unpaired) electrons. The quantitative estimate of drug-likeness (QED) is 0.0863. The summed E-state index contributed by atoms with van der Waals surface area (Å²) in [6.45, 7) is 99.0. The van der Waals surface area contributed by atoms with E-state index in [2.05, 4.69) is 260 Å². The molecule has 68 heavy (non-hydrogen) atoms. The van der Waals surface area contributed by atoms with Gasteiger partial charge in [-0.15, -0.1) is 0 Å². The van der Waals surface area contributed by atoms with Crippen LogP contribution in [0.1, 0.15) is 64.4 Å². The highest BCUT2D eigenvalue weighted by Gasteiger charge is 2.49. The van der Waals surface area contributed by atoms with E-state index in [1.807, 2.05) is 32.9 Å². The average Bonchev–Trinajstić information content (AvgIpc) is 2.92. The van der Waals surface area contributed by atoms with Crippen molar-refractivity contribution < 1.29 is 0 Å². The molecule has 0 nitrogen and oxygen atoms in total. The zero-order chi connectivity index (χ0) is 54.3. The summed E-state index contributed by atoms with van der Waals surface area (Å²) >= 11 is 0. The third-order valence-electron chi connectivity index (χ3n) is 15.1. The lowest BCUT2D eigenvalue weighted by Gasteiger charge is -2.47. The maximum absolute atomic E-state index is 3.00.